The van der Waals surface area contributed by atoms with Crippen molar-refractivity contribution in [2.75, 3.05) is 13.7 Å². The Morgan fingerprint density at radius 2 is 2.08 bits per heavy atom. The van der Waals surface area contributed by atoms with Crippen LogP contribution < -0.4 is 5.32 Å². The summed E-state index contributed by atoms with van der Waals surface area (Å²) in [5, 5.41) is 3.00. The van der Waals surface area contributed by atoms with Gasteiger partial charge in [-0.05, 0) is 32.0 Å². The molecule has 0 atom stereocenters. The molecule has 0 saturated heterocycles. The van der Waals surface area contributed by atoms with Crippen molar-refractivity contribution in [1.29, 1.82) is 0 Å². The summed E-state index contributed by atoms with van der Waals surface area (Å²) in [7, 11) is 1.90. The molecule has 70 valence electrons. The minimum absolute atomic E-state index is 0.681. The van der Waals surface area contributed by atoms with Crippen molar-refractivity contribution in [3.63, 3.8) is 0 Å². The molecule has 0 spiro atoms. The van der Waals surface area contributed by atoms with E-state index in [4.69, 9.17) is 0 Å². The van der Waals surface area contributed by atoms with Gasteiger partial charge >= 0.3 is 0 Å². The molecule has 0 amide bonds. The van der Waals surface area contributed by atoms with Crippen LogP contribution in [0.15, 0.2) is 29.3 Å². The predicted octanol–water partition coefficient (Wildman–Crippen LogP) is 1.98. The van der Waals surface area contributed by atoms with E-state index >= 15 is 0 Å². The highest BCUT2D eigenvalue weighted by molar-refractivity contribution is 5.99. The van der Waals surface area contributed by atoms with E-state index in [1.54, 1.807) is 0 Å². The highest BCUT2D eigenvalue weighted by Gasteiger charge is 1.98. The van der Waals surface area contributed by atoms with Crippen LogP contribution in [0.4, 0.5) is 0 Å². The van der Waals surface area contributed by atoms with E-state index in [-0.39, 0.29) is 0 Å². The van der Waals surface area contributed by atoms with E-state index in [0.29, 0.717) is 6.67 Å². The number of hydrogen-bond acceptors (Lipinski definition) is 2. The maximum absolute atomic E-state index is 4.38. The zero-order chi connectivity index (χ0) is 9.68. The van der Waals surface area contributed by atoms with Gasteiger partial charge in [0.25, 0.3) is 0 Å². The molecule has 0 heterocycles. The molecule has 0 fully saturated rings. The predicted molar refractivity (Wildman–Crippen MR) is 57.3 cm³/mol. The molecular formula is C11H16N2. The first kappa shape index (κ1) is 9.93. The summed E-state index contributed by atoms with van der Waals surface area (Å²) < 4.78 is 0. The summed E-state index contributed by atoms with van der Waals surface area (Å²) in [5.41, 5.74) is 3.60. The van der Waals surface area contributed by atoms with Crippen LogP contribution in [0.3, 0.4) is 0 Å². The molecule has 0 saturated carbocycles. The van der Waals surface area contributed by atoms with Crippen molar-refractivity contribution in [2.45, 2.75) is 13.8 Å². The van der Waals surface area contributed by atoms with Crippen molar-refractivity contribution in [3.05, 3.63) is 35.4 Å². The second-order valence-electron chi connectivity index (χ2n) is 3.07. The number of benzene rings is 1. The smallest absolute Gasteiger partial charge is 0.0885 e. The second-order valence-corrected chi connectivity index (χ2v) is 3.07. The Hall–Kier alpha value is -1.15. The zero-order valence-corrected chi connectivity index (χ0v) is 8.46. The number of hydrogen-bond donors (Lipinski definition) is 1. The van der Waals surface area contributed by atoms with Crippen molar-refractivity contribution in [3.8, 4) is 0 Å². The van der Waals surface area contributed by atoms with Gasteiger partial charge in [0.2, 0.25) is 0 Å². The maximum atomic E-state index is 4.38. The fraction of sp³-hybridized carbons (Fsp3) is 0.364. The zero-order valence-electron chi connectivity index (χ0n) is 8.46. The molecule has 0 aliphatic carbocycles. The van der Waals surface area contributed by atoms with Gasteiger partial charge in [-0.3, -0.25) is 4.99 Å². The van der Waals surface area contributed by atoms with Crippen molar-refractivity contribution in [2.24, 2.45) is 4.99 Å². The standard InChI is InChI=1S/C11H16N2/c1-9-6-4-5-7-11(9)10(2)13-8-12-3/h4-7,12H,8H2,1-3H3/b13-10+. The number of nitrogens with zero attached hydrogens (tertiary/aromatic N) is 1. The molecule has 0 unspecified atom stereocenters. The van der Waals surface area contributed by atoms with Gasteiger partial charge in [0.05, 0.1) is 6.67 Å². The molecular weight excluding hydrogens is 160 g/mol. The number of rotatable bonds is 3. The molecule has 0 aliphatic rings. The van der Waals surface area contributed by atoms with Gasteiger partial charge in [0.1, 0.15) is 0 Å². The van der Waals surface area contributed by atoms with Gasteiger partial charge in [0.15, 0.2) is 0 Å². The van der Waals surface area contributed by atoms with Gasteiger partial charge in [0, 0.05) is 5.71 Å². The van der Waals surface area contributed by atoms with E-state index in [0.717, 1.165) is 5.71 Å². The fourth-order valence-electron chi connectivity index (χ4n) is 1.26. The van der Waals surface area contributed by atoms with Gasteiger partial charge in [-0.25, -0.2) is 0 Å². The Morgan fingerprint density at radius 3 is 2.69 bits per heavy atom. The monoisotopic (exact) mass is 176 g/mol. The lowest BCUT2D eigenvalue weighted by Crippen LogP contribution is -2.08. The molecule has 1 N–H and O–H groups in total. The molecule has 0 aromatic heterocycles. The highest BCUT2D eigenvalue weighted by Crippen LogP contribution is 2.07. The van der Waals surface area contributed by atoms with E-state index in [1.807, 2.05) is 26.1 Å². The average molecular weight is 176 g/mol. The first-order valence-electron chi connectivity index (χ1n) is 4.47. The fourth-order valence-corrected chi connectivity index (χ4v) is 1.26. The Bertz CT molecular complexity index is 303. The van der Waals surface area contributed by atoms with Crippen LogP contribution in [0.5, 0.6) is 0 Å². The second kappa shape index (κ2) is 4.77. The lowest BCUT2D eigenvalue weighted by Gasteiger charge is -2.04. The maximum Gasteiger partial charge on any atom is 0.0885 e. The number of aliphatic imine (C=N–C) groups is 1. The summed E-state index contributed by atoms with van der Waals surface area (Å²) in [6.45, 7) is 4.83. The molecule has 0 bridgehead atoms. The third-order valence-electron chi connectivity index (χ3n) is 2.01. The first-order valence-corrected chi connectivity index (χ1v) is 4.47. The Morgan fingerprint density at radius 1 is 1.38 bits per heavy atom. The summed E-state index contributed by atoms with van der Waals surface area (Å²) in [6.07, 6.45) is 0. The molecule has 2 heteroatoms. The number of nitrogens with one attached hydrogen (secondary N) is 1. The van der Waals surface area contributed by atoms with Crippen molar-refractivity contribution < 1.29 is 0 Å². The highest BCUT2D eigenvalue weighted by atomic mass is 15.0. The van der Waals surface area contributed by atoms with Crippen LogP contribution in [0, 0.1) is 6.92 Å². The normalized spacial score (nSPS) is 11.8. The Kier molecular flexibility index (Phi) is 3.65. The molecule has 0 radical (unpaired) electrons. The third kappa shape index (κ3) is 2.67. The third-order valence-corrected chi connectivity index (χ3v) is 2.01. The van der Waals surface area contributed by atoms with Crippen molar-refractivity contribution >= 4 is 5.71 Å². The lowest BCUT2D eigenvalue weighted by atomic mass is 10.1. The summed E-state index contributed by atoms with van der Waals surface area (Å²) in [6, 6.07) is 8.29. The molecule has 0 aliphatic heterocycles. The van der Waals surface area contributed by atoms with Gasteiger partial charge in [-0.15, -0.1) is 0 Å². The largest absolute Gasteiger partial charge is 0.301 e. The van der Waals surface area contributed by atoms with Gasteiger partial charge < -0.3 is 5.32 Å². The van der Waals surface area contributed by atoms with Crippen molar-refractivity contribution in [1.82, 2.24) is 5.32 Å². The van der Waals surface area contributed by atoms with E-state index in [2.05, 4.69) is 29.4 Å². The van der Waals surface area contributed by atoms with E-state index in [9.17, 15) is 0 Å². The van der Waals surface area contributed by atoms with E-state index in [1.165, 1.54) is 11.1 Å². The van der Waals surface area contributed by atoms with Crippen LogP contribution in [0.2, 0.25) is 0 Å². The summed E-state index contributed by atoms with van der Waals surface area (Å²) in [5.74, 6) is 0. The Balaban J connectivity index is 2.88. The first-order chi connectivity index (χ1) is 6.25. The topological polar surface area (TPSA) is 24.4 Å². The van der Waals surface area contributed by atoms with Gasteiger partial charge in [-0.2, -0.15) is 0 Å². The van der Waals surface area contributed by atoms with Crippen LogP contribution >= 0.6 is 0 Å². The number of aryl methyl sites for hydroxylation is 1. The SMILES string of the molecule is CNC/N=C(\C)c1ccccc1C. The van der Waals surface area contributed by atoms with E-state index < -0.39 is 0 Å². The minimum atomic E-state index is 0.681. The molecule has 1 aromatic rings. The molecule has 1 aromatic carbocycles. The van der Waals surface area contributed by atoms with Crippen LogP contribution in [-0.4, -0.2) is 19.4 Å². The molecule has 1 rings (SSSR count). The molecule has 2 nitrogen and oxygen atoms in total. The average Bonchev–Trinajstić information content (AvgIpc) is 2.15. The van der Waals surface area contributed by atoms with Gasteiger partial charge in [-0.1, -0.05) is 24.3 Å². The summed E-state index contributed by atoms with van der Waals surface area (Å²) >= 11 is 0. The van der Waals surface area contributed by atoms with Crippen LogP contribution in [0.1, 0.15) is 18.1 Å². The summed E-state index contributed by atoms with van der Waals surface area (Å²) in [4.78, 5) is 4.38. The molecule has 13 heavy (non-hydrogen) atoms. The quantitative estimate of drug-likeness (QED) is 0.700. The minimum Gasteiger partial charge on any atom is -0.301 e. The Labute approximate surface area is 79.7 Å². The lowest BCUT2D eigenvalue weighted by molar-refractivity contribution is 0.834. The van der Waals surface area contributed by atoms with Crippen LogP contribution in [-0.2, 0) is 0 Å². The van der Waals surface area contributed by atoms with Crippen LogP contribution in [0.25, 0.3) is 0 Å².